The molecular formula is C16H16. The molecule has 0 amide bonds. The van der Waals surface area contributed by atoms with Crippen LogP contribution in [0, 0.1) is 0 Å². The number of benzene rings is 2. The van der Waals surface area contributed by atoms with E-state index < -0.39 is 0 Å². The van der Waals surface area contributed by atoms with E-state index in [9.17, 15) is 0 Å². The highest BCUT2D eigenvalue weighted by atomic mass is 14.2. The van der Waals surface area contributed by atoms with E-state index in [1.807, 2.05) is 0 Å². The summed E-state index contributed by atoms with van der Waals surface area (Å²) >= 11 is 0. The molecular weight excluding hydrogens is 192 g/mol. The molecule has 0 saturated heterocycles. The van der Waals surface area contributed by atoms with Gasteiger partial charge in [0.2, 0.25) is 0 Å². The second-order valence-electron chi connectivity index (χ2n) is 4.52. The second kappa shape index (κ2) is 4.13. The van der Waals surface area contributed by atoms with E-state index >= 15 is 0 Å². The lowest BCUT2D eigenvalue weighted by atomic mass is 9.86. The Balaban J connectivity index is 2.14. The van der Waals surface area contributed by atoms with Crippen molar-refractivity contribution in [1.29, 1.82) is 0 Å². The Hall–Kier alpha value is -1.56. The van der Waals surface area contributed by atoms with Crippen molar-refractivity contribution in [3.63, 3.8) is 0 Å². The third kappa shape index (κ3) is 1.65. The van der Waals surface area contributed by atoms with E-state index in [-0.39, 0.29) is 0 Å². The average Bonchev–Trinajstić information content (AvgIpc) is 2.39. The van der Waals surface area contributed by atoms with Crippen LogP contribution in [-0.4, -0.2) is 0 Å². The fourth-order valence-corrected chi connectivity index (χ4v) is 2.67. The molecule has 0 nitrogen and oxygen atoms in total. The highest BCUT2D eigenvalue weighted by Crippen LogP contribution is 2.31. The highest BCUT2D eigenvalue weighted by molar-refractivity contribution is 5.69. The van der Waals surface area contributed by atoms with Gasteiger partial charge in [0.1, 0.15) is 0 Å². The maximum atomic E-state index is 2.29. The molecule has 16 heavy (non-hydrogen) atoms. The van der Waals surface area contributed by atoms with Crippen LogP contribution >= 0.6 is 0 Å². The maximum absolute atomic E-state index is 2.29. The zero-order chi connectivity index (χ0) is 10.8. The Bertz CT molecular complexity index is 483. The first kappa shape index (κ1) is 9.65. The molecule has 2 aromatic carbocycles. The first-order valence-electron chi connectivity index (χ1n) is 6.11. The van der Waals surface area contributed by atoms with Gasteiger partial charge in [-0.15, -0.1) is 0 Å². The van der Waals surface area contributed by atoms with E-state index in [4.69, 9.17) is 0 Å². The van der Waals surface area contributed by atoms with Gasteiger partial charge in [-0.25, -0.2) is 0 Å². The van der Waals surface area contributed by atoms with Crippen molar-refractivity contribution in [2.24, 2.45) is 0 Å². The summed E-state index contributed by atoms with van der Waals surface area (Å²) in [4.78, 5) is 0. The van der Waals surface area contributed by atoms with Gasteiger partial charge >= 0.3 is 0 Å². The van der Waals surface area contributed by atoms with E-state index in [1.54, 1.807) is 11.1 Å². The molecule has 3 rings (SSSR count). The fraction of sp³-hybridized carbons (Fsp3) is 0.250. The van der Waals surface area contributed by atoms with Gasteiger partial charge in [0, 0.05) is 0 Å². The van der Waals surface area contributed by atoms with Crippen LogP contribution in [-0.2, 0) is 12.8 Å². The van der Waals surface area contributed by atoms with Crippen LogP contribution < -0.4 is 0 Å². The topological polar surface area (TPSA) is 0 Å². The zero-order valence-electron chi connectivity index (χ0n) is 9.45. The summed E-state index contributed by atoms with van der Waals surface area (Å²) in [6, 6.07) is 17.5. The molecule has 0 spiro atoms. The van der Waals surface area contributed by atoms with Crippen molar-refractivity contribution in [1.82, 2.24) is 0 Å². The minimum Gasteiger partial charge on any atom is -0.0622 e. The second-order valence-corrected chi connectivity index (χ2v) is 4.52. The molecule has 0 N–H and O–H groups in total. The van der Waals surface area contributed by atoms with Crippen LogP contribution in [0.5, 0.6) is 0 Å². The highest BCUT2D eigenvalue weighted by Gasteiger charge is 2.13. The van der Waals surface area contributed by atoms with Crippen molar-refractivity contribution in [2.45, 2.75) is 25.7 Å². The number of fused-ring (bicyclic) bond motifs is 1. The summed E-state index contributed by atoms with van der Waals surface area (Å²) in [5.41, 5.74) is 5.95. The smallest absolute Gasteiger partial charge is 0.0149 e. The lowest BCUT2D eigenvalue weighted by Gasteiger charge is -2.19. The minimum absolute atomic E-state index is 1.25. The molecule has 0 saturated carbocycles. The van der Waals surface area contributed by atoms with Gasteiger partial charge in [0.15, 0.2) is 0 Å². The van der Waals surface area contributed by atoms with Crippen molar-refractivity contribution in [2.75, 3.05) is 0 Å². The summed E-state index contributed by atoms with van der Waals surface area (Å²) in [6.07, 6.45) is 5.21. The molecule has 0 radical (unpaired) electrons. The molecule has 80 valence electrons. The maximum Gasteiger partial charge on any atom is -0.0149 e. The van der Waals surface area contributed by atoms with Crippen molar-refractivity contribution in [3.8, 4) is 11.1 Å². The quantitative estimate of drug-likeness (QED) is 0.657. The first-order valence-corrected chi connectivity index (χ1v) is 6.11. The van der Waals surface area contributed by atoms with Gasteiger partial charge in [-0.05, 0) is 47.9 Å². The molecule has 1 aliphatic carbocycles. The Morgan fingerprint density at radius 1 is 0.688 bits per heavy atom. The predicted molar refractivity (Wildman–Crippen MR) is 68.5 cm³/mol. The summed E-state index contributed by atoms with van der Waals surface area (Å²) < 4.78 is 0. The Kier molecular flexibility index (Phi) is 2.49. The fourth-order valence-electron chi connectivity index (χ4n) is 2.67. The largest absolute Gasteiger partial charge is 0.0622 e. The third-order valence-electron chi connectivity index (χ3n) is 3.48. The van der Waals surface area contributed by atoms with Crippen LogP contribution in [0.4, 0.5) is 0 Å². The number of hydrogen-bond donors (Lipinski definition) is 0. The molecule has 0 aromatic heterocycles. The third-order valence-corrected chi connectivity index (χ3v) is 3.48. The van der Waals surface area contributed by atoms with E-state index in [0.717, 1.165) is 0 Å². The van der Waals surface area contributed by atoms with Crippen LogP contribution in [0.25, 0.3) is 11.1 Å². The van der Waals surface area contributed by atoms with Crippen molar-refractivity contribution >= 4 is 0 Å². The van der Waals surface area contributed by atoms with Crippen LogP contribution in [0.2, 0.25) is 0 Å². The molecule has 1 aliphatic rings. The number of hydrogen-bond acceptors (Lipinski definition) is 0. The lowest BCUT2D eigenvalue weighted by molar-refractivity contribution is 0.687. The molecule has 0 aliphatic heterocycles. The summed E-state index contributed by atoms with van der Waals surface area (Å²) in [7, 11) is 0. The molecule has 0 unspecified atom stereocenters. The molecule has 0 atom stereocenters. The van der Waals surface area contributed by atoms with Crippen molar-refractivity contribution in [3.05, 3.63) is 59.7 Å². The SMILES string of the molecule is c1ccc(-c2cccc3c2CCCC3)cc1. The Labute approximate surface area is 96.9 Å². The monoisotopic (exact) mass is 208 g/mol. The molecule has 0 heterocycles. The minimum atomic E-state index is 1.25. The normalized spacial score (nSPS) is 14.5. The van der Waals surface area contributed by atoms with E-state index in [0.29, 0.717) is 0 Å². The van der Waals surface area contributed by atoms with Crippen LogP contribution in [0.15, 0.2) is 48.5 Å². The standard InChI is InChI=1S/C16H16/c1-2-7-13(8-3-1)16-12-6-10-14-9-4-5-11-15(14)16/h1-3,6-8,10,12H,4-5,9,11H2. The summed E-state index contributed by atoms with van der Waals surface area (Å²) in [6.45, 7) is 0. The Morgan fingerprint density at radius 3 is 2.38 bits per heavy atom. The van der Waals surface area contributed by atoms with Gasteiger partial charge in [-0.2, -0.15) is 0 Å². The van der Waals surface area contributed by atoms with Crippen LogP contribution in [0.1, 0.15) is 24.0 Å². The summed E-state index contributed by atoms with van der Waals surface area (Å²) in [5.74, 6) is 0. The Morgan fingerprint density at radius 2 is 1.50 bits per heavy atom. The molecule has 0 fully saturated rings. The molecule has 0 heteroatoms. The molecule has 2 aromatic rings. The number of rotatable bonds is 1. The van der Waals surface area contributed by atoms with Gasteiger partial charge < -0.3 is 0 Å². The zero-order valence-corrected chi connectivity index (χ0v) is 9.45. The van der Waals surface area contributed by atoms with E-state index in [2.05, 4.69) is 48.5 Å². The first-order chi connectivity index (χ1) is 7.95. The molecule has 0 bridgehead atoms. The van der Waals surface area contributed by atoms with Gasteiger partial charge in [-0.1, -0.05) is 48.5 Å². The average molecular weight is 208 g/mol. The lowest BCUT2D eigenvalue weighted by Crippen LogP contribution is -2.04. The predicted octanol–water partition coefficient (Wildman–Crippen LogP) is 4.23. The summed E-state index contributed by atoms with van der Waals surface area (Å²) in [5, 5.41) is 0. The van der Waals surface area contributed by atoms with Gasteiger partial charge in [0.25, 0.3) is 0 Å². The van der Waals surface area contributed by atoms with Crippen molar-refractivity contribution < 1.29 is 0 Å². The van der Waals surface area contributed by atoms with E-state index in [1.165, 1.54) is 36.8 Å². The number of aryl methyl sites for hydroxylation is 1. The van der Waals surface area contributed by atoms with Gasteiger partial charge in [0.05, 0.1) is 0 Å². The van der Waals surface area contributed by atoms with Gasteiger partial charge in [-0.3, -0.25) is 0 Å². The van der Waals surface area contributed by atoms with Crippen LogP contribution in [0.3, 0.4) is 0 Å².